The standard InChI is InChI=1S/C5H3BrClNO/c6-5-2-1-4(7)3-8(5)9/h1-3H. The fourth-order valence-electron chi connectivity index (χ4n) is 0.439. The van der Waals surface area contributed by atoms with Crippen molar-refractivity contribution in [1.29, 1.82) is 0 Å². The Hall–Kier alpha value is -0.280. The molecule has 0 amide bonds. The van der Waals surface area contributed by atoms with Gasteiger partial charge in [0, 0.05) is 22.0 Å². The summed E-state index contributed by atoms with van der Waals surface area (Å²) >= 11 is 8.50. The molecule has 1 rings (SSSR count). The molecular weight excluding hydrogens is 205 g/mol. The average molecular weight is 208 g/mol. The Kier molecular flexibility index (Phi) is 1.93. The molecule has 0 aromatic carbocycles. The maximum Gasteiger partial charge on any atom is 0.259 e. The minimum Gasteiger partial charge on any atom is -0.618 e. The van der Waals surface area contributed by atoms with Crippen LogP contribution in [-0.4, -0.2) is 0 Å². The summed E-state index contributed by atoms with van der Waals surface area (Å²) in [4.78, 5) is 0. The maximum atomic E-state index is 10.6. The molecule has 0 aliphatic carbocycles. The highest BCUT2D eigenvalue weighted by Crippen LogP contribution is 2.07. The SMILES string of the molecule is [O-][n+]1cc(Cl)ccc1Br. The van der Waals surface area contributed by atoms with Gasteiger partial charge in [0.05, 0.1) is 0 Å². The van der Waals surface area contributed by atoms with Gasteiger partial charge in [0.2, 0.25) is 0 Å². The van der Waals surface area contributed by atoms with E-state index in [0.717, 1.165) is 0 Å². The van der Waals surface area contributed by atoms with Crippen LogP contribution in [0.5, 0.6) is 0 Å². The molecule has 2 nitrogen and oxygen atoms in total. The zero-order valence-corrected chi connectivity index (χ0v) is 6.69. The van der Waals surface area contributed by atoms with E-state index in [0.29, 0.717) is 14.4 Å². The highest BCUT2D eigenvalue weighted by molar-refractivity contribution is 9.10. The van der Waals surface area contributed by atoms with Gasteiger partial charge in [-0.05, 0) is 6.07 Å². The van der Waals surface area contributed by atoms with Crippen LogP contribution in [0.2, 0.25) is 5.02 Å². The Morgan fingerprint density at radius 3 is 2.67 bits per heavy atom. The number of rotatable bonds is 0. The topological polar surface area (TPSA) is 26.9 Å². The molecule has 0 fully saturated rings. The number of hydrogen-bond donors (Lipinski definition) is 0. The number of nitrogens with zero attached hydrogens (tertiary/aromatic N) is 1. The lowest BCUT2D eigenvalue weighted by molar-refractivity contribution is -0.617. The van der Waals surface area contributed by atoms with E-state index in [-0.39, 0.29) is 0 Å². The van der Waals surface area contributed by atoms with Crippen LogP contribution >= 0.6 is 27.5 Å². The number of halogens is 2. The Balaban J connectivity index is 3.17. The van der Waals surface area contributed by atoms with Crippen LogP contribution in [0.25, 0.3) is 0 Å². The molecule has 0 saturated heterocycles. The molecule has 9 heavy (non-hydrogen) atoms. The fourth-order valence-corrected chi connectivity index (χ4v) is 0.825. The number of aromatic nitrogens is 1. The molecule has 0 aliphatic rings. The van der Waals surface area contributed by atoms with Gasteiger partial charge in [-0.3, -0.25) is 0 Å². The molecule has 0 atom stereocenters. The first-order valence-electron chi connectivity index (χ1n) is 2.24. The van der Waals surface area contributed by atoms with Gasteiger partial charge in [0.25, 0.3) is 4.60 Å². The first kappa shape index (κ1) is 6.83. The summed E-state index contributed by atoms with van der Waals surface area (Å²) in [5.41, 5.74) is 0. The third-order valence-corrected chi connectivity index (χ3v) is 1.67. The molecule has 1 aromatic rings. The first-order chi connectivity index (χ1) is 4.20. The monoisotopic (exact) mass is 207 g/mol. The molecule has 0 bridgehead atoms. The second-order valence-electron chi connectivity index (χ2n) is 1.50. The lowest BCUT2D eigenvalue weighted by Crippen LogP contribution is -2.26. The lowest BCUT2D eigenvalue weighted by Gasteiger charge is -1.96. The molecule has 0 spiro atoms. The van der Waals surface area contributed by atoms with Crippen molar-refractivity contribution < 1.29 is 4.73 Å². The largest absolute Gasteiger partial charge is 0.618 e. The van der Waals surface area contributed by atoms with Crippen LogP contribution in [0.1, 0.15) is 0 Å². The van der Waals surface area contributed by atoms with Crippen LogP contribution in [0.4, 0.5) is 0 Å². The normalized spacial score (nSPS) is 9.56. The second kappa shape index (κ2) is 2.54. The van der Waals surface area contributed by atoms with E-state index < -0.39 is 0 Å². The molecule has 1 heterocycles. The van der Waals surface area contributed by atoms with Crippen LogP contribution in [0.3, 0.4) is 0 Å². The molecule has 4 heteroatoms. The van der Waals surface area contributed by atoms with Crippen LogP contribution in [0, 0.1) is 5.21 Å². The van der Waals surface area contributed by atoms with Crippen molar-refractivity contribution in [3.05, 3.63) is 33.2 Å². The van der Waals surface area contributed by atoms with Crippen LogP contribution < -0.4 is 4.73 Å². The fraction of sp³-hybridized carbons (Fsp3) is 0. The van der Waals surface area contributed by atoms with Gasteiger partial charge < -0.3 is 5.21 Å². The van der Waals surface area contributed by atoms with E-state index >= 15 is 0 Å². The van der Waals surface area contributed by atoms with Gasteiger partial charge in [-0.1, -0.05) is 11.6 Å². The summed E-state index contributed by atoms with van der Waals surface area (Å²) in [6.45, 7) is 0. The molecule has 0 N–H and O–H groups in total. The van der Waals surface area contributed by atoms with Gasteiger partial charge in [-0.15, -0.1) is 0 Å². The Morgan fingerprint density at radius 1 is 1.56 bits per heavy atom. The molecule has 0 unspecified atom stereocenters. The van der Waals surface area contributed by atoms with Gasteiger partial charge in [-0.25, -0.2) is 0 Å². The third-order valence-electron chi connectivity index (χ3n) is 0.831. The van der Waals surface area contributed by atoms with Gasteiger partial charge >= 0.3 is 0 Å². The summed E-state index contributed by atoms with van der Waals surface area (Å²) in [7, 11) is 0. The van der Waals surface area contributed by atoms with Crippen molar-refractivity contribution in [3.63, 3.8) is 0 Å². The number of hydrogen-bond acceptors (Lipinski definition) is 1. The molecule has 48 valence electrons. The minimum atomic E-state index is 0.438. The molecule has 0 radical (unpaired) electrons. The van der Waals surface area contributed by atoms with Crippen molar-refractivity contribution in [2.45, 2.75) is 0 Å². The summed E-state index contributed by atoms with van der Waals surface area (Å²) in [5.74, 6) is 0. The quantitative estimate of drug-likeness (QED) is 0.362. The van der Waals surface area contributed by atoms with Crippen molar-refractivity contribution in [2.75, 3.05) is 0 Å². The van der Waals surface area contributed by atoms with E-state index in [1.807, 2.05) is 0 Å². The zero-order valence-electron chi connectivity index (χ0n) is 4.34. The molecule has 0 saturated carbocycles. The number of pyridine rings is 1. The van der Waals surface area contributed by atoms with Gasteiger partial charge in [-0.2, -0.15) is 4.73 Å². The summed E-state index contributed by atoms with van der Waals surface area (Å²) < 4.78 is 1.12. The van der Waals surface area contributed by atoms with Crippen molar-refractivity contribution >= 4 is 27.5 Å². The summed E-state index contributed by atoms with van der Waals surface area (Å²) in [5, 5.41) is 11.1. The van der Waals surface area contributed by atoms with Gasteiger partial charge in [0.1, 0.15) is 5.02 Å². The first-order valence-corrected chi connectivity index (χ1v) is 3.41. The summed E-state index contributed by atoms with van der Waals surface area (Å²) in [6, 6.07) is 3.23. The van der Waals surface area contributed by atoms with Crippen LogP contribution in [0.15, 0.2) is 22.9 Å². The minimum absolute atomic E-state index is 0.438. The van der Waals surface area contributed by atoms with Crippen molar-refractivity contribution in [1.82, 2.24) is 0 Å². The maximum absolute atomic E-state index is 10.6. The van der Waals surface area contributed by atoms with E-state index in [1.165, 1.54) is 6.20 Å². The van der Waals surface area contributed by atoms with E-state index in [9.17, 15) is 5.21 Å². The van der Waals surface area contributed by atoms with Crippen molar-refractivity contribution in [2.24, 2.45) is 0 Å². The second-order valence-corrected chi connectivity index (χ2v) is 2.74. The average Bonchev–Trinajstić information content (AvgIpc) is 1.80. The Morgan fingerprint density at radius 2 is 2.22 bits per heavy atom. The Labute approximate surface area is 65.8 Å². The van der Waals surface area contributed by atoms with E-state index in [2.05, 4.69) is 15.9 Å². The van der Waals surface area contributed by atoms with Crippen LogP contribution in [-0.2, 0) is 0 Å². The summed E-state index contributed by atoms with van der Waals surface area (Å²) in [6.07, 6.45) is 1.28. The molecular formula is C5H3BrClNO. The van der Waals surface area contributed by atoms with Crippen molar-refractivity contribution in [3.8, 4) is 0 Å². The highest BCUT2D eigenvalue weighted by Gasteiger charge is 1.98. The van der Waals surface area contributed by atoms with Gasteiger partial charge in [0.15, 0.2) is 6.20 Å². The third kappa shape index (κ3) is 1.56. The van der Waals surface area contributed by atoms with E-state index in [1.54, 1.807) is 12.1 Å². The lowest BCUT2D eigenvalue weighted by atomic mass is 10.5. The molecule has 0 aliphatic heterocycles. The van der Waals surface area contributed by atoms with E-state index in [4.69, 9.17) is 11.6 Å². The predicted molar refractivity (Wildman–Crippen MR) is 38.1 cm³/mol. The predicted octanol–water partition coefficient (Wildman–Crippen LogP) is 1.74. The highest BCUT2D eigenvalue weighted by atomic mass is 79.9. The zero-order chi connectivity index (χ0) is 6.85. The molecule has 1 aromatic heterocycles. The smallest absolute Gasteiger partial charge is 0.259 e. The Bertz CT molecular complexity index is 228.